The lowest BCUT2D eigenvalue weighted by atomic mass is 10.0. The van der Waals surface area contributed by atoms with Crippen LogP contribution in [0.3, 0.4) is 0 Å². The Morgan fingerprint density at radius 1 is 1.21 bits per heavy atom. The first-order valence-electron chi connectivity index (χ1n) is 10.1. The predicted octanol–water partition coefficient (Wildman–Crippen LogP) is 4.03. The number of carboxylic acids is 1. The van der Waals surface area contributed by atoms with Crippen LogP contribution in [0.5, 0.6) is 5.75 Å². The molecule has 28 heavy (non-hydrogen) atoms. The highest BCUT2D eigenvalue weighted by Gasteiger charge is 2.23. The average Bonchev–Trinajstić information content (AvgIpc) is 2.72. The van der Waals surface area contributed by atoms with E-state index in [1.165, 1.54) is 24.1 Å². The first-order chi connectivity index (χ1) is 13.6. The van der Waals surface area contributed by atoms with Gasteiger partial charge in [0.2, 0.25) is 0 Å². The Hall–Kier alpha value is -2.53. The highest BCUT2D eigenvalue weighted by atomic mass is 16.5. The Balaban J connectivity index is 1.53. The zero-order valence-corrected chi connectivity index (χ0v) is 16.6. The fraction of sp³-hybridized carbons (Fsp3) is 0.435. The van der Waals surface area contributed by atoms with Crippen LogP contribution in [-0.2, 0) is 11.3 Å². The first kappa shape index (κ1) is 20.2. The molecular formula is C23H30N2O3. The van der Waals surface area contributed by atoms with Crippen molar-refractivity contribution in [2.45, 2.75) is 38.3 Å². The summed E-state index contributed by atoms with van der Waals surface area (Å²) in [6.07, 6.45) is 3.08. The van der Waals surface area contributed by atoms with Crippen molar-refractivity contribution in [3.05, 3.63) is 60.2 Å². The van der Waals surface area contributed by atoms with Crippen molar-refractivity contribution >= 4 is 11.7 Å². The highest BCUT2D eigenvalue weighted by molar-refractivity contribution is 5.66. The molecule has 5 nitrogen and oxygen atoms in total. The van der Waals surface area contributed by atoms with Gasteiger partial charge in [-0.2, -0.15) is 0 Å². The van der Waals surface area contributed by atoms with E-state index in [4.69, 9.17) is 9.84 Å². The monoisotopic (exact) mass is 382 g/mol. The topological polar surface area (TPSA) is 53.0 Å². The number of anilines is 1. The molecule has 1 heterocycles. The Morgan fingerprint density at radius 2 is 2.04 bits per heavy atom. The first-order valence-corrected chi connectivity index (χ1v) is 10.1. The van der Waals surface area contributed by atoms with Crippen LogP contribution in [0.25, 0.3) is 0 Å². The molecule has 1 aliphatic rings. The molecule has 1 N–H and O–H groups in total. The fourth-order valence-electron chi connectivity index (χ4n) is 3.75. The summed E-state index contributed by atoms with van der Waals surface area (Å²) in [6.45, 7) is 3.47. The summed E-state index contributed by atoms with van der Waals surface area (Å²) in [5.74, 6) is 0.0295. The molecule has 0 aliphatic carbocycles. The predicted molar refractivity (Wildman–Crippen MR) is 112 cm³/mol. The number of hydrogen-bond donors (Lipinski definition) is 1. The number of rotatable bonds is 9. The van der Waals surface area contributed by atoms with Gasteiger partial charge in [0.15, 0.2) is 0 Å². The molecule has 2 aromatic carbocycles. The number of ether oxygens (including phenoxy) is 1. The van der Waals surface area contributed by atoms with Gasteiger partial charge in [0.25, 0.3) is 0 Å². The van der Waals surface area contributed by atoms with Crippen LogP contribution >= 0.6 is 0 Å². The SMILES string of the molecule is CN(Cc1cccc(OCCCC(=O)O)c1)C1CCCN(c2ccccc2)C1. The summed E-state index contributed by atoms with van der Waals surface area (Å²) in [4.78, 5) is 15.5. The maximum absolute atomic E-state index is 10.6. The molecule has 0 radical (unpaired) electrons. The number of para-hydroxylation sites is 1. The van der Waals surface area contributed by atoms with Crippen molar-refractivity contribution < 1.29 is 14.6 Å². The second-order valence-electron chi connectivity index (χ2n) is 7.49. The lowest BCUT2D eigenvalue weighted by Gasteiger charge is -2.39. The van der Waals surface area contributed by atoms with Gasteiger partial charge in [0, 0.05) is 37.8 Å². The van der Waals surface area contributed by atoms with Crippen LogP contribution in [0.4, 0.5) is 5.69 Å². The van der Waals surface area contributed by atoms with Gasteiger partial charge in [-0.25, -0.2) is 0 Å². The van der Waals surface area contributed by atoms with Gasteiger partial charge in [0.1, 0.15) is 5.75 Å². The zero-order chi connectivity index (χ0) is 19.8. The summed E-state index contributed by atoms with van der Waals surface area (Å²) >= 11 is 0. The van der Waals surface area contributed by atoms with E-state index in [-0.39, 0.29) is 6.42 Å². The van der Waals surface area contributed by atoms with Crippen molar-refractivity contribution in [1.82, 2.24) is 4.90 Å². The smallest absolute Gasteiger partial charge is 0.303 e. The number of piperidine rings is 1. The maximum atomic E-state index is 10.6. The minimum atomic E-state index is -0.781. The van der Waals surface area contributed by atoms with Crippen LogP contribution in [0.1, 0.15) is 31.2 Å². The van der Waals surface area contributed by atoms with Gasteiger partial charge in [-0.1, -0.05) is 30.3 Å². The summed E-state index contributed by atoms with van der Waals surface area (Å²) < 4.78 is 5.71. The minimum Gasteiger partial charge on any atom is -0.494 e. The third-order valence-electron chi connectivity index (χ3n) is 5.28. The van der Waals surface area contributed by atoms with Crippen LogP contribution in [0, 0.1) is 0 Å². The van der Waals surface area contributed by atoms with Gasteiger partial charge in [-0.15, -0.1) is 0 Å². The van der Waals surface area contributed by atoms with E-state index in [1.807, 2.05) is 12.1 Å². The molecule has 0 spiro atoms. The van der Waals surface area contributed by atoms with Gasteiger partial charge in [-0.3, -0.25) is 9.69 Å². The summed E-state index contributed by atoms with van der Waals surface area (Å²) in [7, 11) is 2.19. The van der Waals surface area contributed by atoms with E-state index in [1.54, 1.807) is 0 Å². The Morgan fingerprint density at radius 3 is 2.82 bits per heavy atom. The minimum absolute atomic E-state index is 0.141. The number of carboxylic acid groups (broad SMARTS) is 1. The molecule has 150 valence electrons. The van der Waals surface area contributed by atoms with Gasteiger partial charge in [-0.05, 0) is 56.1 Å². The van der Waals surface area contributed by atoms with Crippen molar-refractivity contribution in [1.29, 1.82) is 0 Å². The number of nitrogens with zero attached hydrogens (tertiary/aromatic N) is 2. The van der Waals surface area contributed by atoms with Gasteiger partial charge in [0.05, 0.1) is 6.61 Å². The normalized spacial score (nSPS) is 16.9. The summed E-state index contributed by atoms with van der Waals surface area (Å²) in [5.41, 5.74) is 2.52. The number of aliphatic carboxylic acids is 1. The Bertz CT molecular complexity index is 751. The molecule has 2 aromatic rings. The number of benzene rings is 2. The molecule has 1 fully saturated rings. The highest BCUT2D eigenvalue weighted by Crippen LogP contribution is 2.23. The van der Waals surface area contributed by atoms with Crippen molar-refractivity contribution in [2.24, 2.45) is 0 Å². The van der Waals surface area contributed by atoms with E-state index >= 15 is 0 Å². The van der Waals surface area contributed by atoms with Crippen LogP contribution in [0.2, 0.25) is 0 Å². The summed E-state index contributed by atoms with van der Waals surface area (Å²) in [6, 6.07) is 19.3. The van der Waals surface area contributed by atoms with E-state index < -0.39 is 5.97 Å². The summed E-state index contributed by atoms with van der Waals surface area (Å²) in [5, 5.41) is 8.70. The molecule has 1 unspecified atom stereocenters. The van der Waals surface area contributed by atoms with E-state index in [9.17, 15) is 4.79 Å². The standard InChI is InChI=1S/C23H30N2O3/c1-24(21-11-6-14-25(18-21)20-9-3-2-4-10-20)17-19-8-5-12-22(16-19)28-15-7-13-23(26)27/h2-5,8-10,12,16,21H,6-7,11,13-15,17-18H2,1H3,(H,26,27). The third-order valence-corrected chi connectivity index (χ3v) is 5.28. The van der Waals surface area contributed by atoms with Crippen LogP contribution < -0.4 is 9.64 Å². The van der Waals surface area contributed by atoms with Gasteiger partial charge < -0.3 is 14.7 Å². The van der Waals surface area contributed by atoms with E-state index in [2.05, 4.69) is 59.3 Å². The molecule has 0 bridgehead atoms. The van der Waals surface area contributed by atoms with E-state index in [0.717, 1.165) is 25.4 Å². The second kappa shape index (κ2) is 10.1. The second-order valence-corrected chi connectivity index (χ2v) is 7.49. The Kier molecular flexibility index (Phi) is 7.31. The molecule has 0 aromatic heterocycles. The number of hydrogen-bond acceptors (Lipinski definition) is 4. The van der Waals surface area contributed by atoms with Crippen molar-refractivity contribution in [3.8, 4) is 5.75 Å². The lowest BCUT2D eigenvalue weighted by molar-refractivity contribution is -0.137. The molecule has 1 atom stereocenters. The number of carbonyl (C=O) groups is 1. The fourth-order valence-corrected chi connectivity index (χ4v) is 3.75. The maximum Gasteiger partial charge on any atom is 0.303 e. The molecule has 5 heteroatoms. The molecule has 1 saturated heterocycles. The molecular weight excluding hydrogens is 352 g/mol. The molecule has 1 aliphatic heterocycles. The van der Waals surface area contributed by atoms with Gasteiger partial charge >= 0.3 is 5.97 Å². The van der Waals surface area contributed by atoms with E-state index in [0.29, 0.717) is 19.1 Å². The number of likely N-dealkylation sites (N-methyl/N-ethyl adjacent to an activating group) is 1. The quantitative estimate of drug-likeness (QED) is 0.664. The third kappa shape index (κ3) is 5.99. The molecule has 0 saturated carbocycles. The van der Waals surface area contributed by atoms with Crippen molar-refractivity contribution in [3.63, 3.8) is 0 Å². The van der Waals surface area contributed by atoms with Crippen LogP contribution in [-0.4, -0.2) is 48.8 Å². The zero-order valence-electron chi connectivity index (χ0n) is 16.6. The Labute approximate surface area is 167 Å². The average molecular weight is 383 g/mol. The van der Waals surface area contributed by atoms with Crippen molar-refractivity contribution in [2.75, 3.05) is 31.6 Å². The molecule has 3 rings (SSSR count). The van der Waals surface area contributed by atoms with Crippen LogP contribution in [0.15, 0.2) is 54.6 Å². The largest absolute Gasteiger partial charge is 0.494 e. The lowest BCUT2D eigenvalue weighted by Crippen LogP contribution is -2.46. The molecule has 0 amide bonds.